The van der Waals surface area contributed by atoms with Gasteiger partial charge in [-0.25, -0.2) is 9.38 Å². The molecule has 3 aromatic carbocycles. The first kappa shape index (κ1) is 23.9. The molecule has 1 N–H and O–H groups in total. The number of carbonyl (C=O) groups is 1. The van der Waals surface area contributed by atoms with Crippen molar-refractivity contribution in [1.82, 2.24) is 4.90 Å². The number of nitrogens with zero attached hydrogens (tertiary/aromatic N) is 4. The predicted octanol–water partition coefficient (Wildman–Crippen LogP) is 5.60. The summed E-state index contributed by atoms with van der Waals surface area (Å²) < 4.78 is 15.0. The number of piperazine rings is 1. The van der Waals surface area contributed by atoms with Crippen LogP contribution in [0.4, 0.5) is 21.5 Å². The highest BCUT2D eigenvalue weighted by Gasteiger charge is 2.38. The number of anilines is 2. The number of fused-ring (bicyclic) bond motifs is 1. The second kappa shape index (κ2) is 9.64. The molecule has 0 amide bonds. The molecular formula is C29H31FN4O2. The van der Waals surface area contributed by atoms with Crippen LogP contribution in [-0.2, 0) is 4.79 Å². The van der Waals surface area contributed by atoms with Crippen molar-refractivity contribution in [2.24, 2.45) is 4.99 Å². The maximum atomic E-state index is 15.0. The van der Waals surface area contributed by atoms with Gasteiger partial charge in [0.2, 0.25) is 5.96 Å². The molecule has 6 nitrogen and oxygen atoms in total. The first-order valence-electron chi connectivity index (χ1n) is 12.3. The third-order valence-electron chi connectivity index (χ3n) is 7.04. The van der Waals surface area contributed by atoms with Crippen molar-refractivity contribution < 1.29 is 14.3 Å². The molecule has 2 aliphatic rings. The molecule has 36 heavy (non-hydrogen) atoms. The predicted molar refractivity (Wildman–Crippen MR) is 142 cm³/mol. The van der Waals surface area contributed by atoms with Crippen molar-refractivity contribution >= 4 is 29.0 Å². The van der Waals surface area contributed by atoms with Gasteiger partial charge in [-0.2, -0.15) is 0 Å². The molecule has 7 heteroatoms. The van der Waals surface area contributed by atoms with Gasteiger partial charge in [-0.3, -0.25) is 4.79 Å². The maximum Gasteiger partial charge on any atom is 0.305 e. The monoisotopic (exact) mass is 486 g/mol. The Morgan fingerprint density at radius 1 is 0.944 bits per heavy atom. The molecule has 1 fully saturated rings. The average molecular weight is 487 g/mol. The third-order valence-corrected chi connectivity index (χ3v) is 7.04. The van der Waals surface area contributed by atoms with Gasteiger partial charge < -0.3 is 19.8 Å². The average Bonchev–Trinajstić information content (AvgIpc) is 2.86. The lowest BCUT2D eigenvalue weighted by Crippen LogP contribution is -2.55. The summed E-state index contributed by atoms with van der Waals surface area (Å²) >= 11 is 0. The number of aliphatic carboxylic acids is 1. The Labute approximate surface area is 211 Å². The van der Waals surface area contributed by atoms with Crippen molar-refractivity contribution in [2.45, 2.75) is 33.2 Å². The van der Waals surface area contributed by atoms with Gasteiger partial charge in [-0.05, 0) is 61.7 Å². The van der Waals surface area contributed by atoms with Gasteiger partial charge in [0.15, 0.2) is 0 Å². The zero-order valence-corrected chi connectivity index (χ0v) is 20.9. The number of benzene rings is 3. The third kappa shape index (κ3) is 4.53. The normalized spacial score (nSPS) is 17.6. The quantitative estimate of drug-likeness (QED) is 0.521. The fourth-order valence-corrected chi connectivity index (χ4v) is 5.18. The molecule has 3 aromatic rings. The van der Waals surface area contributed by atoms with Gasteiger partial charge in [-0.1, -0.05) is 36.4 Å². The molecule has 0 radical (unpaired) electrons. The van der Waals surface area contributed by atoms with Gasteiger partial charge in [0.1, 0.15) is 11.5 Å². The van der Waals surface area contributed by atoms with Crippen LogP contribution in [0.1, 0.15) is 34.7 Å². The highest BCUT2D eigenvalue weighted by Crippen LogP contribution is 2.43. The van der Waals surface area contributed by atoms with Crippen LogP contribution in [0.3, 0.4) is 0 Å². The molecule has 0 aromatic heterocycles. The van der Waals surface area contributed by atoms with E-state index in [0.717, 1.165) is 29.9 Å². The Bertz CT molecular complexity index is 1330. The van der Waals surface area contributed by atoms with E-state index in [-0.39, 0.29) is 12.1 Å². The minimum absolute atomic E-state index is 0.161. The molecule has 186 valence electrons. The smallest absolute Gasteiger partial charge is 0.305 e. The number of aryl methyl sites for hydroxylation is 3. The summed E-state index contributed by atoms with van der Waals surface area (Å²) in [6.45, 7) is 9.08. The van der Waals surface area contributed by atoms with E-state index >= 15 is 4.39 Å². The van der Waals surface area contributed by atoms with Crippen LogP contribution in [0.25, 0.3) is 0 Å². The number of rotatable bonds is 4. The van der Waals surface area contributed by atoms with Gasteiger partial charge in [-0.15, -0.1) is 0 Å². The Morgan fingerprint density at radius 2 is 1.64 bits per heavy atom. The van der Waals surface area contributed by atoms with Gasteiger partial charge in [0.05, 0.1) is 12.5 Å². The summed E-state index contributed by atoms with van der Waals surface area (Å²) in [5, 5.41) is 9.85. The number of hydrogen-bond acceptors (Lipinski definition) is 5. The van der Waals surface area contributed by atoms with Crippen LogP contribution in [0.2, 0.25) is 0 Å². The largest absolute Gasteiger partial charge is 0.481 e. The summed E-state index contributed by atoms with van der Waals surface area (Å²) in [6.07, 6.45) is -0.161. The van der Waals surface area contributed by atoms with Crippen molar-refractivity contribution in [3.05, 3.63) is 88.7 Å². The number of halogens is 1. The van der Waals surface area contributed by atoms with Crippen molar-refractivity contribution in [1.29, 1.82) is 0 Å². The summed E-state index contributed by atoms with van der Waals surface area (Å²) in [7, 11) is 0. The highest BCUT2D eigenvalue weighted by atomic mass is 19.1. The Kier molecular flexibility index (Phi) is 6.39. The molecule has 0 saturated carbocycles. The van der Waals surface area contributed by atoms with E-state index in [9.17, 15) is 9.90 Å². The summed E-state index contributed by atoms with van der Waals surface area (Å²) in [4.78, 5) is 23.4. The minimum Gasteiger partial charge on any atom is -0.481 e. The van der Waals surface area contributed by atoms with E-state index in [2.05, 4.69) is 47.1 Å². The number of carboxylic acids is 1. The van der Waals surface area contributed by atoms with E-state index in [1.807, 2.05) is 30.9 Å². The standard InChI is InChI=1S/C29H31FN4O2/c1-19-6-4-7-22(16-19)32-12-14-33(15-13-32)29-31-28-23(8-5-9-24(28)30)26(18-27(35)36)34(29)25-17-20(2)10-11-21(25)3/h4-11,16-17,26H,12-15,18H2,1-3H3,(H,35,36). The van der Waals surface area contributed by atoms with E-state index in [4.69, 9.17) is 4.99 Å². The molecule has 0 spiro atoms. The van der Waals surface area contributed by atoms with E-state index < -0.39 is 17.8 Å². The summed E-state index contributed by atoms with van der Waals surface area (Å²) in [5.41, 5.74) is 6.22. The molecule has 5 rings (SSSR count). The number of para-hydroxylation sites is 1. The van der Waals surface area contributed by atoms with Crippen LogP contribution < -0.4 is 9.80 Å². The Hall–Kier alpha value is -3.87. The Morgan fingerprint density at radius 3 is 2.36 bits per heavy atom. The molecule has 1 saturated heterocycles. The maximum absolute atomic E-state index is 15.0. The second-order valence-corrected chi connectivity index (χ2v) is 9.68. The van der Waals surface area contributed by atoms with Crippen molar-refractivity contribution in [2.75, 3.05) is 36.0 Å². The molecule has 1 atom stereocenters. The van der Waals surface area contributed by atoms with Crippen LogP contribution in [0.5, 0.6) is 0 Å². The fraction of sp³-hybridized carbons (Fsp3) is 0.310. The van der Waals surface area contributed by atoms with Gasteiger partial charge >= 0.3 is 5.97 Å². The molecular weight excluding hydrogens is 455 g/mol. The number of guanidine groups is 1. The van der Waals surface area contributed by atoms with E-state index in [1.165, 1.54) is 17.3 Å². The second-order valence-electron chi connectivity index (χ2n) is 9.68. The molecule has 0 aliphatic carbocycles. The lowest BCUT2D eigenvalue weighted by Gasteiger charge is -2.45. The minimum atomic E-state index is -0.934. The lowest BCUT2D eigenvalue weighted by molar-refractivity contribution is -0.137. The zero-order valence-electron chi connectivity index (χ0n) is 20.9. The zero-order chi connectivity index (χ0) is 25.4. The van der Waals surface area contributed by atoms with Crippen molar-refractivity contribution in [3.8, 4) is 0 Å². The van der Waals surface area contributed by atoms with Crippen LogP contribution >= 0.6 is 0 Å². The number of hydrogen-bond donors (Lipinski definition) is 1. The topological polar surface area (TPSA) is 59.4 Å². The highest BCUT2D eigenvalue weighted by molar-refractivity contribution is 6.02. The Balaban J connectivity index is 1.57. The van der Waals surface area contributed by atoms with Crippen LogP contribution in [-0.4, -0.2) is 48.1 Å². The molecule has 0 bridgehead atoms. The summed E-state index contributed by atoms with van der Waals surface area (Å²) in [5.74, 6) is -0.758. The number of aliphatic imine (C=N–C) groups is 1. The SMILES string of the molecule is Cc1cccc(N2CCN(C3=Nc4c(F)cccc4C(CC(=O)O)N3c3cc(C)ccc3C)CC2)c1. The molecule has 1 unspecified atom stereocenters. The van der Waals surface area contributed by atoms with Gasteiger partial charge in [0.25, 0.3) is 0 Å². The molecule has 2 aliphatic heterocycles. The lowest BCUT2D eigenvalue weighted by atomic mass is 9.96. The van der Waals surface area contributed by atoms with Crippen molar-refractivity contribution in [3.63, 3.8) is 0 Å². The van der Waals surface area contributed by atoms with E-state index in [0.29, 0.717) is 24.6 Å². The first-order chi connectivity index (χ1) is 17.3. The van der Waals surface area contributed by atoms with Crippen LogP contribution in [0, 0.1) is 26.6 Å². The fourth-order valence-electron chi connectivity index (χ4n) is 5.18. The number of carboxylic acid groups (broad SMARTS) is 1. The van der Waals surface area contributed by atoms with Gasteiger partial charge in [0, 0.05) is 43.1 Å². The first-order valence-corrected chi connectivity index (χ1v) is 12.3. The van der Waals surface area contributed by atoms with E-state index in [1.54, 1.807) is 12.1 Å². The molecule has 2 heterocycles. The summed E-state index contributed by atoms with van der Waals surface area (Å²) in [6, 6.07) is 18.9. The van der Waals surface area contributed by atoms with Crippen LogP contribution in [0.15, 0.2) is 65.7 Å².